The topological polar surface area (TPSA) is 118 Å². The number of amides is 4. The molecule has 1 aromatic carbocycles. The molecule has 4 amide bonds. The quantitative estimate of drug-likeness (QED) is 0.515. The van der Waals surface area contributed by atoms with Crippen molar-refractivity contribution >= 4 is 40.3 Å². The van der Waals surface area contributed by atoms with Crippen molar-refractivity contribution in [3.8, 4) is 0 Å². The average Bonchev–Trinajstić information content (AvgIpc) is 3.30. The molecule has 30 heavy (non-hydrogen) atoms. The second-order valence-electron chi connectivity index (χ2n) is 7.17. The molecule has 1 aliphatic heterocycles. The second kappa shape index (κ2) is 9.04. The summed E-state index contributed by atoms with van der Waals surface area (Å²) in [6, 6.07) is 6.37. The molecule has 2 atom stereocenters. The summed E-state index contributed by atoms with van der Waals surface area (Å²) < 4.78 is 4.60. The number of esters is 1. The Balaban J connectivity index is 1.82. The van der Waals surface area contributed by atoms with Crippen molar-refractivity contribution in [2.75, 3.05) is 12.4 Å². The average molecular weight is 430 g/mol. The molecule has 2 heterocycles. The van der Waals surface area contributed by atoms with Gasteiger partial charge in [0, 0.05) is 5.38 Å². The molecule has 3 rings (SSSR count). The van der Waals surface area contributed by atoms with Crippen molar-refractivity contribution in [3.05, 3.63) is 47.0 Å². The van der Waals surface area contributed by atoms with Crippen molar-refractivity contribution in [1.82, 2.24) is 15.2 Å². The van der Waals surface area contributed by atoms with E-state index in [0.29, 0.717) is 5.56 Å². The van der Waals surface area contributed by atoms with Gasteiger partial charge in [-0.25, -0.2) is 19.5 Å². The van der Waals surface area contributed by atoms with Gasteiger partial charge in [-0.3, -0.25) is 9.59 Å². The maximum Gasteiger partial charge on any atom is 0.357 e. The third-order valence-electron chi connectivity index (χ3n) is 4.54. The molecule has 1 aromatic heterocycles. The van der Waals surface area contributed by atoms with Crippen molar-refractivity contribution in [3.63, 3.8) is 0 Å². The molecular weight excluding hydrogens is 408 g/mol. The number of benzene rings is 1. The lowest BCUT2D eigenvalue weighted by molar-refractivity contribution is -0.134. The molecule has 2 unspecified atom stereocenters. The highest BCUT2D eigenvalue weighted by Crippen LogP contribution is 2.27. The van der Waals surface area contributed by atoms with Crippen molar-refractivity contribution in [2.24, 2.45) is 5.92 Å². The second-order valence-corrected chi connectivity index (χ2v) is 8.02. The first-order chi connectivity index (χ1) is 14.3. The van der Waals surface area contributed by atoms with Gasteiger partial charge in [0.1, 0.15) is 12.1 Å². The van der Waals surface area contributed by atoms with E-state index in [1.165, 1.54) is 12.5 Å². The van der Waals surface area contributed by atoms with E-state index in [1.54, 1.807) is 24.3 Å². The lowest BCUT2D eigenvalue weighted by Crippen LogP contribution is -2.48. The van der Waals surface area contributed by atoms with E-state index in [9.17, 15) is 19.2 Å². The summed E-state index contributed by atoms with van der Waals surface area (Å²) in [5.41, 5.74) is 0.710. The van der Waals surface area contributed by atoms with Gasteiger partial charge in [0.15, 0.2) is 10.8 Å². The Bertz CT molecular complexity index is 959. The van der Waals surface area contributed by atoms with Crippen molar-refractivity contribution < 1.29 is 23.9 Å². The lowest BCUT2D eigenvalue weighted by Gasteiger charge is -2.25. The fourth-order valence-electron chi connectivity index (χ4n) is 3.15. The number of hydrogen-bond acceptors (Lipinski definition) is 7. The molecule has 2 N–H and O–H groups in total. The van der Waals surface area contributed by atoms with Crippen LogP contribution in [0.4, 0.5) is 9.93 Å². The number of methoxy groups -OCH3 is 1. The fourth-order valence-corrected chi connectivity index (χ4v) is 3.84. The smallest absolute Gasteiger partial charge is 0.357 e. The molecule has 158 valence electrons. The third-order valence-corrected chi connectivity index (χ3v) is 5.30. The van der Waals surface area contributed by atoms with Crippen LogP contribution in [-0.2, 0) is 14.3 Å². The van der Waals surface area contributed by atoms with Gasteiger partial charge in [-0.1, -0.05) is 44.2 Å². The van der Waals surface area contributed by atoms with E-state index in [4.69, 9.17) is 0 Å². The summed E-state index contributed by atoms with van der Waals surface area (Å²) in [6.07, 6.45) is 0.280. The van der Waals surface area contributed by atoms with Gasteiger partial charge in [0.2, 0.25) is 5.91 Å². The predicted molar refractivity (Wildman–Crippen MR) is 110 cm³/mol. The Kier molecular flexibility index (Phi) is 6.46. The molecule has 0 bridgehead atoms. The van der Waals surface area contributed by atoms with Crippen LogP contribution in [0, 0.1) is 5.92 Å². The number of anilines is 1. The largest absolute Gasteiger partial charge is 0.464 e. The highest BCUT2D eigenvalue weighted by atomic mass is 32.1. The van der Waals surface area contributed by atoms with Gasteiger partial charge in [-0.05, 0) is 17.9 Å². The predicted octanol–water partition coefficient (Wildman–Crippen LogP) is 2.58. The maximum atomic E-state index is 13.0. The van der Waals surface area contributed by atoms with E-state index in [0.717, 1.165) is 16.2 Å². The minimum atomic E-state index is -1.02. The summed E-state index contributed by atoms with van der Waals surface area (Å²) in [5, 5.41) is 6.90. The third kappa shape index (κ3) is 4.48. The van der Waals surface area contributed by atoms with E-state index < -0.39 is 35.9 Å². The zero-order chi connectivity index (χ0) is 21.8. The van der Waals surface area contributed by atoms with E-state index in [1.807, 2.05) is 19.9 Å². The molecule has 1 aliphatic rings. The normalized spacial score (nSPS) is 17.1. The molecule has 1 saturated heterocycles. The molecule has 0 radical (unpaired) electrons. The summed E-state index contributed by atoms with van der Waals surface area (Å²) in [6.45, 7) is 3.79. The van der Waals surface area contributed by atoms with Gasteiger partial charge in [-0.15, -0.1) is 11.3 Å². The van der Waals surface area contributed by atoms with Gasteiger partial charge < -0.3 is 15.4 Å². The minimum absolute atomic E-state index is 0.0408. The zero-order valence-electron chi connectivity index (χ0n) is 16.7. The summed E-state index contributed by atoms with van der Waals surface area (Å²) in [4.78, 5) is 55.2. The summed E-state index contributed by atoms with van der Waals surface area (Å²) in [5.74, 6) is -1.61. The Labute approximate surface area is 177 Å². The monoisotopic (exact) mass is 430 g/mol. The maximum absolute atomic E-state index is 13.0. The van der Waals surface area contributed by atoms with Crippen LogP contribution in [0.3, 0.4) is 0 Å². The Hall–Kier alpha value is -3.27. The van der Waals surface area contributed by atoms with E-state index in [-0.39, 0.29) is 23.2 Å². The van der Waals surface area contributed by atoms with Crippen LogP contribution in [-0.4, -0.2) is 46.9 Å². The molecule has 2 aromatic rings. The number of aromatic nitrogens is 1. The van der Waals surface area contributed by atoms with Crippen molar-refractivity contribution in [2.45, 2.75) is 32.4 Å². The number of imide groups is 1. The molecule has 0 saturated carbocycles. The molecule has 9 nitrogen and oxygen atoms in total. The van der Waals surface area contributed by atoms with Crippen LogP contribution < -0.4 is 10.6 Å². The highest BCUT2D eigenvalue weighted by Gasteiger charge is 2.45. The summed E-state index contributed by atoms with van der Waals surface area (Å²) >= 11 is 1.05. The Morgan fingerprint density at radius 1 is 1.27 bits per heavy atom. The highest BCUT2D eigenvalue weighted by molar-refractivity contribution is 7.14. The Morgan fingerprint density at radius 2 is 1.97 bits per heavy atom. The van der Waals surface area contributed by atoms with Crippen LogP contribution in [0.2, 0.25) is 0 Å². The molecular formula is C20H22N4O5S. The number of rotatable bonds is 7. The van der Waals surface area contributed by atoms with Gasteiger partial charge in [-0.2, -0.15) is 0 Å². The number of carbonyl (C=O) groups excluding carboxylic acids is 4. The Morgan fingerprint density at radius 3 is 2.60 bits per heavy atom. The van der Waals surface area contributed by atoms with Gasteiger partial charge in [0.05, 0.1) is 7.11 Å². The molecule has 0 spiro atoms. The van der Waals surface area contributed by atoms with Crippen LogP contribution in [0.15, 0.2) is 35.7 Å². The van der Waals surface area contributed by atoms with Gasteiger partial charge >= 0.3 is 12.0 Å². The number of nitrogens with zero attached hydrogens (tertiary/aromatic N) is 2. The first-order valence-corrected chi connectivity index (χ1v) is 10.2. The minimum Gasteiger partial charge on any atom is -0.464 e. The summed E-state index contributed by atoms with van der Waals surface area (Å²) in [7, 11) is 1.24. The number of ether oxygens (including phenoxy) is 1. The molecule has 0 aliphatic carbocycles. The first kappa shape index (κ1) is 21.4. The van der Waals surface area contributed by atoms with Gasteiger partial charge in [0.25, 0.3) is 5.91 Å². The zero-order valence-corrected chi connectivity index (χ0v) is 17.6. The standard InChI is InChI=1S/C20H22N4O5S/c1-11(2)9-14(16(25)23-19-21-13(10-30-19)18(27)29-3)24-17(26)15(22-20(24)28)12-7-5-4-6-8-12/h4-8,10-11,14-15H,9H2,1-3H3,(H,22,28)(H,21,23,25). The SMILES string of the molecule is COC(=O)c1csc(NC(=O)C(CC(C)C)N2C(=O)NC(c3ccccc3)C2=O)n1. The van der Waals surface area contributed by atoms with Crippen LogP contribution in [0.1, 0.15) is 42.4 Å². The fraction of sp³-hybridized carbons (Fsp3) is 0.350. The number of carbonyl (C=O) groups is 4. The molecule has 10 heteroatoms. The van der Waals surface area contributed by atoms with Crippen LogP contribution in [0.25, 0.3) is 0 Å². The number of nitrogens with one attached hydrogen (secondary N) is 2. The van der Waals surface area contributed by atoms with Crippen molar-refractivity contribution in [1.29, 1.82) is 0 Å². The van der Waals surface area contributed by atoms with E-state index in [2.05, 4.69) is 20.4 Å². The van der Waals surface area contributed by atoms with Crippen LogP contribution >= 0.6 is 11.3 Å². The number of hydrogen-bond donors (Lipinski definition) is 2. The first-order valence-electron chi connectivity index (χ1n) is 9.35. The number of thiazole rings is 1. The lowest BCUT2D eigenvalue weighted by atomic mass is 10.0. The van der Waals surface area contributed by atoms with Crippen LogP contribution in [0.5, 0.6) is 0 Å². The van der Waals surface area contributed by atoms with E-state index >= 15 is 0 Å². The molecule has 1 fully saturated rings. The number of urea groups is 1.